The van der Waals surface area contributed by atoms with Crippen LogP contribution in [0.15, 0.2) is 29.8 Å². The molecule has 9 heteroatoms. The molecule has 0 saturated heterocycles. The van der Waals surface area contributed by atoms with E-state index in [0.29, 0.717) is 5.69 Å². The first-order valence-electron chi connectivity index (χ1n) is 5.64. The maximum atomic E-state index is 12.7. The molecular formula is C12H6ClF3N4S. The lowest BCUT2D eigenvalue weighted by molar-refractivity contribution is -0.141. The number of alkyl halides is 3. The molecule has 1 N–H and O–H groups in total. The van der Waals surface area contributed by atoms with Crippen molar-refractivity contribution in [3.8, 4) is 0 Å². The van der Waals surface area contributed by atoms with Gasteiger partial charge in [0, 0.05) is 11.8 Å². The molecular weight excluding hydrogens is 325 g/mol. The van der Waals surface area contributed by atoms with Crippen molar-refractivity contribution in [2.75, 3.05) is 5.32 Å². The van der Waals surface area contributed by atoms with Crippen LogP contribution in [-0.2, 0) is 6.18 Å². The number of thiazole rings is 1. The monoisotopic (exact) mass is 330 g/mol. The summed E-state index contributed by atoms with van der Waals surface area (Å²) in [5.74, 6) is -0.0220. The number of nitrogens with zero attached hydrogens (tertiary/aromatic N) is 3. The highest BCUT2D eigenvalue weighted by molar-refractivity contribution is 7.16. The predicted molar refractivity (Wildman–Crippen MR) is 74.9 cm³/mol. The van der Waals surface area contributed by atoms with Crippen molar-refractivity contribution in [3.63, 3.8) is 0 Å². The maximum absolute atomic E-state index is 12.7. The van der Waals surface area contributed by atoms with Crippen LogP contribution < -0.4 is 5.32 Å². The number of rotatable bonds is 2. The SMILES string of the molecule is FC(F)(F)c1cc(Nc2ccc3ncsc3c2)nc(Cl)n1. The van der Waals surface area contributed by atoms with E-state index in [0.717, 1.165) is 16.3 Å². The van der Waals surface area contributed by atoms with Crippen LogP contribution in [0.1, 0.15) is 5.69 Å². The van der Waals surface area contributed by atoms with E-state index in [9.17, 15) is 13.2 Å². The van der Waals surface area contributed by atoms with E-state index in [1.807, 2.05) is 0 Å². The Hall–Kier alpha value is -1.93. The van der Waals surface area contributed by atoms with Gasteiger partial charge in [0.05, 0.1) is 15.7 Å². The number of benzene rings is 1. The third-order valence-corrected chi connectivity index (χ3v) is 3.55. The molecule has 0 aliphatic carbocycles. The van der Waals surface area contributed by atoms with E-state index in [1.165, 1.54) is 11.3 Å². The molecule has 3 rings (SSSR count). The van der Waals surface area contributed by atoms with E-state index in [1.54, 1.807) is 23.7 Å². The summed E-state index contributed by atoms with van der Waals surface area (Å²) >= 11 is 6.96. The molecule has 0 radical (unpaired) electrons. The Morgan fingerprint density at radius 2 is 1.95 bits per heavy atom. The van der Waals surface area contributed by atoms with Crippen LogP contribution in [0.3, 0.4) is 0 Å². The van der Waals surface area contributed by atoms with Gasteiger partial charge >= 0.3 is 6.18 Å². The van der Waals surface area contributed by atoms with Gasteiger partial charge in [-0.3, -0.25) is 0 Å². The van der Waals surface area contributed by atoms with E-state index < -0.39 is 17.2 Å². The van der Waals surface area contributed by atoms with E-state index in [4.69, 9.17) is 11.6 Å². The molecule has 0 unspecified atom stereocenters. The Bertz CT molecular complexity index is 803. The molecule has 0 atom stereocenters. The van der Waals surface area contributed by atoms with E-state index in [-0.39, 0.29) is 5.82 Å². The summed E-state index contributed by atoms with van der Waals surface area (Å²) in [4.78, 5) is 11.0. The van der Waals surface area contributed by atoms with Crippen LogP contribution in [0.2, 0.25) is 5.28 Å². The van der Waals surface area contributed by atoms with Gasteiger partial charge in [-0.2, -0.15) is 13.2 Å². The number of hydrogen-bond donors (Lipinski definition) is 1. The molecule has 0 aliphatic rings. The lowest BCUT2D eigenvalue weighted by atomic mass is 10.3. The number of nitrogens with one attached hydrogen (secondary N) is 1. The smallest absolute Gasteiger partial charge is 0.340 e. The van der Waals surface area contributed by atoms with E-state index in [2.05, 4.69) is 20.3 Å². The highest BCUT2D eigenvalue weighted by atomic mass is 35.5. The Labute approximate surface area is 125 Å². The second kappa shape index (κ2) is 5.12. The Morgan fingerprint density at radius 3 is 2.71 bits per heavy atom. The van der Waals surface area contributed by atoms with Crippen molar-refractivity contribution in [1.82, 2.24) is 15.0 Å². The molecule has 0 bridgehead atoms. The molecule has 1 aromatic carbocycles. The predicted octanol–water partition coefficient (Wildman–Crippen LogP) is 4.50. The fourth-order valence-electron chi connectivity index (χ4n) is 1.71. The zero-order chi connectivity index (χ0) is 15.0. The zero-order valence-corrected chi connectivity index (χ0v) is 11.7. The maximum Gasteiger partial charge on any atom is 0.433 e. The Kier molecular flexibility index (Phi) is 3.42. The van der Waals surface area contributed by atoms with Crippen molar-refractivity contribution in [2.24, 2.45) is 0 Å². The average Bonchev–Trinajstić information content (AvgIpc) is 2.84. The van der Waals surface area contributed by atoms with Gasteiger partial charge in [-0.15, -0.1) is 11.3 Å². The van der Waals surface area contributed by atoms with Crippen molar-refractivity contribution >= 4 is 44.7 Å². The van der Waals surface area contributed by atoms with E-state index >= 15 is 0 Å². The second-order valence-electron chi connectivity index (χ2n) is 4.07. The van der Waals surface area contributed by atoms with Crippen molar-refractivity contribution in [2.45, 2.75) is 6.18 Å². The van der Waals surface area contributed by atoms with Gasteiger partial charge in [-0.05, 0) is 29.8 Å². The molecule has 0 fully saturated rings. The minimum Gasteiger partial charge on any atom is -0.340 e. The summed E-state index contributed by atoms with van der Waals surface area (Å²) in [5, 5.41) is 2.32. The lowest BCUT2D eigenvalue weighted by Crippen LogP contribution is -2.10. The molecule has 2 heterocycles. The Balaban J connectivity index is 1.95. The molecule has 3 aromatic rings. The molecule has 2 aromatic heterocycles. The van der Waals surface area contributed by atoms with Gasteiger partial charge in [0.2, 0.25) is 5.28 Å². The molecule has 0 amide bonds. The third-order valence-electron chi connectivity index (χ3n) is 2.59. The average molecular weight is 331 g/mol. The molecule has 108 valence electrons. The van der Waals surface area contributed by atoms with Crippen LogP contribution in [0, 0.1) is 0 Å². The topological polar surface area (TPSA) is 50.7 Å². The minimum atomic E-state index is -4.58. The van der Waals surface area contributed by atoms with Crippen LogP contribution in [0.4, 0.5) is 24.7 Å². The normalized spacial score (nSPS) is 11.8. The first-order chi connectivity index (χ1) is 9.91. The summed E-state index contributed by atoms with van der Waals surface area (Å²) in [5.41, 5.74) is 2.01. The van der Waals surface area contributed by atoms with Gasteiger partial charge < -0.3 is 5.32 Å². The van der Waals surface area contributed by atoms with Gasteiger partial charge in [-0.25, -0.2) is 15.0 Å². The number of halogens is 4. The molecule has 0 saturated carbocycles. The zero-order valence-electron chi connectivity index (χ0n) is 10.1. The number of hydrogen-bond acceptors (Lipinski definition) is 5. The largest absolute Gasteiger partial charge is 0.433 e. The molecule has 21 heavy (non-hydrogen) atoms. The summed E-state index contributed by atoms with van der Waals surface area (Å²) in [6.07, 6.45) is -4.58. The quantitative estimate of drug-likeness (QED) is 0.703. The van der Waals surface area contributed by atoms with Crippen molar-refractivity contribution < 1.29 is 13.2 Å². The first-order valence-corrected chi connectivity index (χ1v) is 6.89. The summed E-state index contributed by atoms with van der Waals surface area (Å²) < 4.78 is 38.9. The number of aromatic nitrogens is 3. The summed E-state index contributed by atoms with van der Waals surface area (Å²) in [7, 11) is 0. The highest BCUT2D eigenvalue weighted by Crippen LogP contribution is 2.31. The van der Waals surface area contributed by atoms with Gasteiger partial charge in [-0.1, -0.05) is 0 Å². The van der Waals surface area contributed by atoms with Crippen LogP contribution in [0.25, 0.3) is 10.2 Å². The van der Waals surface area contributed by atoms with Gasteiger partial charge in [0.1, 0.15) is 5.82 Å². The fourth-order valence-corrected chi connectivity index (χ4v) is 2.61. The lowest BCUT2D eigenvalue weighted by Gasteiger charge is -2.09. The minimum absolute atomic E-state index is 0.0220. The number of anilines is 2. The second-order valence-corrected chi connectivity index (χ2v) is 5.29. The van der Waals surface area contributed by atoms with Crippen LogP contribution >= 0.6 is 22.9 Å². The van der Waals surface area contributed by atoms with Gasteiger partial charge in [0.15, 0.2) is 5.69 Å². The van der Waals surface area contributed by atoms with Crippen molar-refractivity contribution in [3.05, 3.63) is 40.8 Å². The number of fused-ring (bicyclic) bond motifs is 1. The molecule has 4 nitrogen and oxygen atoms in total. The standard InChI is InChI=1S/C12H6ClF3N4S/c13-11-19-9(12(14,15)16)4-10(20-11)18-6-1-2-7-8(3-6)21-5-17-7/h1-5H,(H,18,19,20). The summed E-state index contributed by atoms with van der Waals surface area (Å²) in [6, 6.07) is 6.05. The van der Waals surface area contributed by atoms with Crippen LogP contribution in [0.5, 0.6) is 0 Å². The molecule has 0 aliphatic heterocycles. The Morgan fingerprint density at radius 1 is 1.14 bits per heavy atom. The highest BCUT2D eigenvalue weighted by Gasteiger charge is 2.33. The third kappa shape index (κ3) is 3.06. The van der Waals surface area contributed by atoms with Gasteiger partial charge in [0.25, 0.3) is 0 Å². The van der Waals surface area contributed by atoms with Crippen molar-refractivity contribution in [1.29, 1.82) is 0 Å². The molecule has 0 spiro atoms. The summed E-state index contributed by atoms with van der Waals surface area (Å²) in [6.45, 7) is 0. The first kappa shape index (κ1) is 14.0. The van der Waals surface area contributed by atoms with Crippen LogP contribution in [-0.4, -0.2) is 15.0 Å². The fraction of sp³-hybridized carbons (Fsp3) is 0.0833.